The quantitative estimate of drug-likeness (QED) is 0.334. The summed E-state index contributed by atoms with van der Waals surface area (Å²) in [6.45, 7) is 4.16. The largest absolute Gasteiger partial charge is 0.382 e. The molecule has 4 rings (SSSR count). The lowest BCUT2D eigenvalue weighted by atomic mass is 10.1. The molecule has 0 saturated carbocycles. The van der Waals surface area contributed by atoms with Crippen LogP contribution in [-0.2, 0) is 0 Å². The minimum atomic E-state index is 0.525. The molecule has 0 radical (unpaired) electrons. The molecule has 0 atom stereocenters. The van der Waals surface area contributed by atoms with Gasteiger partial charge in [-0.25, -0.2) is 9.98 Å². The van der Waals surface area contributed by atoms with E-state index in [1.807, 2.05) is 17.5 Å². The van der Waals surface area contributed by atoms with Crippen molar-refractivity contribution in [2.24, 2.45) is 10.7 Å². The normalized spacial score (nSPS) is 11.7. The average Bonchev–Trinajstić information content (AvgIpc) is 3.33. The van der Waals surface area contributed by atoms with Crippen molar-refractivity contribution in [3.8, 4) is 21.8 Å². The van der Waals surface area contributed by atoms with Gasteiger partial charge in [-0.2, -0.15) is 0 Å². The van der Waals surface area contributed by atoms with Crippen LogP contribution in [0.25, 0.3) is 21.8 Å². The van der Waals surface area contributed by atoms with Crippen LogP contribution in [0, 0.1) is 13.8 Å². The van der Waals surface area contributed by atoms with E-state index in [2.05, 4.69) is 62.4 Å². The van der Waals surface area contributed by atoms with Gasteiger partial charge in [0.15, 0.2) is 0 Å². The Hall–Kier alpha value is -2.76. The van der Waals surface area contributed by atoms with Crippen LogP contribution in [0.2, 0.25) is 0 Å². The molecule has 27 heavy (non-hydrogen) atoms. The van der Waals surface area contributed by atoms with Gasteiger partial charge >= 0.3 is 0 Å². The zero-order chi connectivity index (χ0) is 18.8. The molecule has 0 amide bonds. The highest BCUT2D eigenvalue weighted by atomic mass is 32.1. The summed E-state index contributed by atoms with van der Waals surface area (Å²) in [6, 6.07) is 20.7. The number of benzene rings is 2. The van der Waals surface area contributed by atoms with Crippen LogP contribution < -0.4 is 5.73 Å². The van der Waals surface area contributed by atoms with E-state index in [0.717, 1.165) is 31.7 Å². The van der Waals surface area contributed by atoms with Crippen LogP contribution in [0.4, 0.5) is 5.00 Å². The first-order valence-corrected chi connectivity index (χ1v) is 10.3. The molecule has 2 aromatic carbocycles. The summed E-state index contributed by atoms with van der Waals surface area (Å²) in [5.41, 5.74) is 11.7. The monoisotopic (exact) mass is 389 g/mol. The summed E-state index contributed by atoms with van der Waals surface area (Å²) in [4.78, 5) is 10.6. The first-order valence-electron chi connectivity index (χ1n) is 8.63. The molecule has 0 spiro atoms. The molecule has 4 aromatic rings. The summed E-state index contributed by atoms with van der Waals surface area (Å²) in [5, 5.41) is 3.78. The minimum absolute atomic E-state index is 0.525. The molecule has 0 aliphatic rings. The Morgan fingerprint density at radius 2 is 1.52 bits per heavy atom. The van der Waals surface area contributed by atoms with Crippen LogP contribution in [0.3, 0.4) is 0 Å². The predicted molar refractivity (Wildman–Crippen MR) is 117 cm³/mol. The summed E-state index contributed by atoms with van der Waals surface area (Å²) < 4.78 is 0. The second kappa shape index (κ2) is 7.47. The van der Waals surface area contributed by atoms with Gasteiger partial charge in [-0.05, 0) is 25.3 Å². The van der Waals surface area contributed by atoms with Crippen molar-refractivity contribution in [1.82, 2.24) is 4.98 Å². The van der Waals surface area contributed by atoms with Gasteiger partial charge in [0.1, 0.15) is 21.5 Å². The third kappa shape index (κ3) is 3.84. The molecule has 0 unspecified atom stereocenters. The number of hydrogen-bond acceptors (Lipinski definition) is 4. The Balaban J connectivity index is 1.83. The van der Waals surface area contributed by atoms with Crippen molar-refractivity contribution in [2.75, 3.05) is 0 Å². The van der Waals surface area contributed by atoms with Crippen LogP contribution in [-0.4, -0.2) is 10.8 Å². The number of hydrogen-bond donors (Lipinski definition) is 1. The Morgan fingerprint density at radius 3 is 2.11 bits per heavy atom. The molecule has 0 bridgehead atoms. The molecule has 0 fully saturated rings. The molecule has 3 nitrogen and oxygen atoms in total. The van der Waals surface area contributed by atoms with Gasteiger partial charge in [0.05, 0.1) is 4.88 Å². The van der Waals surface area contributed by atoms with Crippen LogP contribution >= 0.6 is 22.7 Å². The number of rotatable bonds is 4. The van der Waals surface area contributed by atoms with Crippen molar-refractivity contribution in [3.63, 3.8) is 0 Å². The van der Waals surface area contributed by atoms with E-state index in [9.17, 15) is 0 Å². The number of aliphatic imine (C=N–C) groups is 1. The van der Waals surface area contributed by atoms with E-state index < -0.39 is 0 Å². The van der Waals surface area contributed by atoms with E-state index in [1.165, 1.54) is 11.1 Å². The number of thiazole rings is 1. The summed E-state index contributed by atoms with van der Waals surface area (Å²) in [6.07, 6.45) is 0. The SMILES string of the molecule is Cc1ccc(-c2nc(-c3ccc(C)cc3)c(/N=C(\N)c3cccs3)s2)cc1. The fourth-order valence-corrected chi connectivity index (χ4v) is 4.30. The molecule has 2 N–H and O–H groups in total. The third-order valence-electron chi connectivity index (χ3n) is 4.23. The van der Waals surface area contributed by atoms with Crippen molar-refractivity contribution in [1.29, 1.82) is 0 Å². The Labute approximate surface area is 166 Å². The second-order valence-electron chi connectivity index (χ2n) is 6.38. The first kappa shape index (κ1) is 17.6. The van der Waals surface area contributed by atoms with Gasteiger partial charge in [-0.3, -0.25) is 0 Å². The van der Waals surface area contributed by atoms with Crippen molar-refractivity contribution < 1.29 is 0 Å². The molecule has 2 aromatic heterocycles. The van der Waals surface area contributed by atoms with E-state index in [4.69, 9.17) is 15.7 Å². The average molecular weight is 390 g/mol. The fourth-order valence-electron chi connectivity index (χ4n) is 2.70. The van der Waals surface area contributed by atoms with E-state index >= 15 is 0 Å². The van der Waals surface area contributed by atoms with Gasteiger partial charge in [0.2, 0.25) is 0 Å². The highest BCUT2D eigenvalue weighted by Crippen LogP contribution is 2.40. The van der Waals surface area contributed by atoms with Crippen LogP contribution in [0.5, 0.6) is 0 Å². The van der Waals surface area contributed by atoms with Gasteiger partial charge in [0, 0.05) is 11.1 Å². The zero-order valence-electron chi connectivity index (χ0n) is 15.1. The second-order valence-corrected chi connectivity index (χ2v) is 8.30. The molecular weight excluding hydrogens is 370 g/mol. The Kier molecular flexibility index (Phi) is 4.88. The molecule has 134 valence electrons. The fraction of sp³-hybridized carbons (Fsp3) is 0.0909. The molecule has 0 saturated heterocycles. The summed E-state index contributed by atoms with van der Waals surface area (Å²) in [5.74, 6) is 0.525. The topological polar surface area (TPSA) is 51.3 Å². The maximum atomic E-state index is 6.25. The maximum Gasteiger partial charge on any atom is 0.146 e. The number of thiophene rings is 1. The Morgan fingerprint density at radius 1 is 0.889 bits per heavy atom. The highest BCUT2D eigenvalue weighted by molar-refractivity contribution is 7.19. The standard InChI is InChI=1S/C22H19N3S2/c1-14-5-9-16(10-6-14)19-22(25-20(23)18-4-3-13-26-18)27-21(24-19)17-11-7-15(2)8-12-17/h3-13H,1-2H3,(H2,23,25). The summed E-state index contributed by atoms with van der Waals surface area (Å²) >= 11 is 3.16. The smallest absolute Gasteiger partial charge is 0.146 e. The first-order chi connectivity index (χ1) is 13.1. The molecule has 5 heteroatoms. The van der Waals surface area contributed by atoms with Gasteiger partial charge in [0.25, 0.3) is 0 Å². The van der Waals surface area contributed by atoms with Crippen molar-refractivity contribution in [2.45, 2.75) is 13.8 Å². The Bertz CT molecular complexity index is 1070. The summed E-state index contributed by atoms with van der Waals surface area (Å²) in [7, 11) is 0. The van der Waals surface area contributed by atoms with E-state index in [-0.39, 0.29) is 0 Å². The van der Waals surface area contributed by atoms with Crippen LogP contribution in [0.1, 0.15) is 16.0 Å². The number of nitrogens with two attached hydrogens (primary N) is 1. The van der Waals surface area contributed by atoms with Gasteiger partial charge < -0.3 is 5.73 Å². The van der Waals surface area contributed by atoms with E-state index in [0.29, 0.717) is 5.84 Å². The van der Waals surface area contributed by atoms with Gasteiger partial charge in [-0.15, -0.1) is 11.3 Å². The van der Waals surface area contributed by atoms with Crippen LogP contribution in [0.15, 0.2) is 71.0 Å². The molecule has 0 aliphatic carbocycles. The molecule has 2 heterocycles. The highest BCUT2D eigenvalue weighted by Gasteiger charge is 2.15. The van der Waals surface area contributed by atoms with Crippen molar-refractivity contribution in [3.05, 3.63) is 82.0 Å². The predicted octanol–water partition coefficient (Wildman–Crippen LogP) is 6.19. The number of nitrogens with zero attached hydrogens (tertiary/aromatic N) is 2. The lowest BCUT2D eigenvalue weighted by Crippen LogP contribution is -2.10. The molecular formula is C22H19N3S2. The van der Waals surface area contributed by atoms with E-state index in [1.54, 1.807) is 22.7 Å². The number of aromatic nitrogens is 1. The van der Waals surface area contributed by atoms with Crippen molar-refractivity contribution >= 4 is 33.5 Å². The third-order valence-corrected chi connectivity index (χ3v) is 6.12. The lowest BCUT2D eigenvalue weighted by molar-refractivity contribution is 1.37. The maximum absolute atomic E-state index is 6.25. The lowest BCUT2D eigenvalue weighted by Gasteiger charge is -2.01. The number of amidine groups is 1. The van der Waals surface area contributed by atoms with Gasteiger partial charge in [-0.1, -0.05) is 77.1 Å². The molecule has 0 aliphatic heterocycles. The minimum Gasteiger partial charge on any atom is -0.382 e. The zero-order valence-corrected chi connectivity index (χ0v) is 16.8. The number of aryl methyl sites for hydroxylation is 2.